The van der Waals surface area contributed by atoms with E-state index in [-0.39, 0.29) is 0 Å². The summed E-state index contributed by atoms with van der Waals surface area (Å²) in [5.74, 6) is 0. The fraction of sp³-hybridized carbons (Fsp3) is 0.667. The van der Waals surface area contributed by atoms with Gasteiger partial charge in [0.05, 0.1) is 0 Å². The van der Waals surface area contributed by atoms with E-state index in [1.54, 1.807) is 6.54 Å². The molecule has 0 saturated carbocycles. The molecule has 5 heavy (non-hydrogen) atoms. The van der Waals surface area contributed by atoms with Gasteiger partial charge in [-0.15, -0.1) is 0 Å². The number of nitrogens with one attached hydrogen (secondary N) is 1. The Morgan fingerprint density at radius 2 is 2.60 bits per heavy atom. The molecule has 0 heterocycles. The standard InChI is InChI=1S/C3H9N2/c1-2-5-3-4/h2,5H,3-4H2,1H3. The maximum atomic E-state index is 5.00. The highest BCUT2D eigenvalue weighted by Gasteiger charge is 1.63. The molecule has 0 aliphatic heterocycles. The highest BCUT2D eigenvalue weighted by atomic mass is 14.9. The molecule has 0 bridgehead atoms. The molecule has 2 nitrogen and oxygen atoms in total. The van der Waals surface area contributed by atoms with Crippen molar-refractivity contribution in [1.29, 1.82) is 0 Å². The summed E-state index contributed by atoms with van der Waals surface area (Å²) in [6.07, 6.45) is 0. The quantitative estimate of drug-likeness (QED) is 0.439. The van der Waals surface area contributed by atoms with Crippen molar-refractivity contribution in [2.75, 3.05) is 6.67 Å². The van der Waals surface area contributed by atoms with Crippen LogP contribution in [0.25, 0.3) is 0 Å². The minimum absolute atomic E-state index is 0.538. The third-order valence-electron chi connectivity index (χ3n) is 0.322. The molecule has 3 N–H and O–H groups in total. The Bertz CT molecular complexity index is 12.4. The molecule has 31 valence electrons. The van der Waals surface area contributed by atoms with Crippen LogP contribution in [0, 0.1) is 6.54 Å². The lowest BCUT2D eigenvalue weighted by atomic mass is 10.8. The number of hydrogen-bond acceptors (Lipinski definition) is 2. The fourth-order valence-electron chi connectivity index (χ4n) is 0.118. The van der Waals surface area contributed by atoms with E-state index >= 15 is 0 Å². The van der Waals surface area contributed by atoms with Crippen LogP contribution in [0.5, 0.6) is 0 Å². The van der Waals surface area contributed by atoms with Gasteiger partial charge in [0.15, 0.2) is 0 Å². The first-order chi connectivity index (χ1) is 2.41. The van der Waals surface area contributed by atoms with Gasteiger partial charge in [-0.25, -0.2) is 0 Å². The van der Waals surface area contributed by atoms with Gasteiger partial charge in [0, 0.05) is 13.2 Å². The maximum Gasteiger partial charge on any atom is 0.0431 e. The van der Waals surface area contributed by atoms with Gasteiger partial charge in [0.25, 0.3) is 0 Å². The molecule has 1 radical (unpaired) electrons. The van der Waals surface area contributed by atoms with Gasteiger partial charge in [-0.05, 0) is 6.92 Å². The lowest BCUT2D eigenvalue weighted by molar-refractivity contribution is 0.821. The zero-order valence-corrected chi connectivity index (χ0v) is 3.36. The Labute approximate surface area is 32.4 Å². The van der Waals surface area contributed by atoms with Crippen LogP contribution >= 0.6 is 0 Å². The van der Waals surface area contributed by atoms with Crippen LogP contribution in [0.1, 0.15) is 6.92 Å². The number of hydrogen-bond donors (Lipinski definition) is 2. The van der Waals surface area contributed by atoms with E-state index in [1.807, 2.05) is 6.92 Å². The minimum Gasteiger partial charge on any atom is -0.318 e. The van der Waals surface area contributed by atoms with E-state index in [9.17, 15) is 0 Å². The Balaban J connectivity index is 2.19. The van der Waals surface area contributed by atoms with Crippen LogP contribution < -0.4 is 11.1 Å². The van der Waals surface area contributed by atoms with Crippen molar-refractivity contribution in [3.8, 4) is 0 Å². The van der Waals surface area contributed by atoms with Crippen molar-refractivity contribution < 1.29 is 0 Å². The minimum atomic E-state index is 0.538. The fourth-order valence-corrected chi connectivity index (χ4v) is 0.118. The number of rotatable bonds is 2. The molecule has 0 aliphatic carbocycles. The predicted octanol–water partition coefficient (Wildman–Crippen LogP) is -0.326. The number of nitrogens with two attached hydrogens (primary N) is 1. The molecular formula is C3H9N2. The van der Waals surface area contributed by atoms with Gasteiger partial charge in [-0.1, -0.05) is 0 Å². The lowest BCUT2D eigenvalue weighted by Crippen LogP contribution is -2.17. The van der Waals surface area contributed by atoms with Gasteiger partial charge in [-0.3, -0.25) is 0 Å². The molecule has 0 amide bonds. The van der Waals surface area contributed by atoms with Crippen LogP contribution in [-0.4, -0.2) is 6.67 Å². The first-order valence-electron chi connectivity index (χ1n) is 1.63. The van der Waals surface area contributed by atoms with Crippen molar-refractivity contribution in [3.63, 3.8) is 0 Å². The average Bonchev–Trinajstić information content (AvgIpc) is 1.41. The Kier molecular flexibility index (Phi) is 3.86. The molecule has 0 unspecified atom stereocenters. The summed E-state index contributed by atoms with van der Waals surface area (Å²) < 4.78 is 0. The van der Waals surface area contributed by atoms with Crippen LogP contribution in [0.3, 0.4) is 0 Å². The Morgan fingerprint density at radius 3 is 2.60 bits per heavy atom. The van der Waals surface area contributed by atoms with Crippen LogP contribution in [0.15, 0.2) is 0 Å². The zero-order valence-electron chi connectivity index (χ0n) is 3.36. The summed E-state index contributed by atoms with van der Waals surface area (Å²) in [5.41, 5.74) is 5.00. The average molecular weight is 73.1 g/mol. The second kappa shape index (κ2) is 3.92. The van der Waals surface area contributed by atoms with Gasteiger partial charge in [0.1, 0.15) is 0 Å². The van der Waals surface area contributed by atoms with Crippen molar-refractivity contribution >= 4 is 0 Å². The van der Waals surface area contributed by atoms with Crippen LogP contribution in [0.2, 0.25) is 0 Å². The molecule has 0 aromatic heterocycles. The second-order valence-electron chi connectivity index (χ2n) is 0.697. The maximum absolute atomic E-state index is 5.00. The normalized spacial score (nSPS) is 8.40. The molecule has 0 spiro atoms. The van der Waals surface area contributed by atoms with Crippen LogP contribution in [0.4, 0.5) is 0 Å². The molecule has 0 aromatic carbocycles. The van der Waals surface area contributed by atoms with E-state index in [1.165, 1.54) is 0 Å². The van der Waals surface area contributed by atoms with E-state index in [0.29, 0.717) is 6.67 Å². The van der Waals surface area contributed by atoms with Crippen molar-refractivity contribution in [3.05, 3.63) is 6.54 Å². The topological polar surface area (TPSA) is 38.0 Å². The van der Waals surface area contributed by atoms with Crippen LogP contribution in [-0.2, 0) is 0 Å². The third kappa shape index (κ3) is 3.92. The monoisotopic (exact) mass is 73.1 g/mol. The Hall–Kier alpha value is -0.0800. The summed E-state index contributed by atoms with van der Waals surface area (Å²) in [7, 11) is 0. The van der Waals surface area contributed by atoms with Gasteiger partial charge >= 0.3 is 0 Å². The zero-order chi connectivity index (χ0) is 4.12. The molecule has 0 rings (SSSR count). The predicted molar refractivity (Wildman–Crippen MR) is 22.2 cm³/mol. The lowest BCUT2D eigenvalue weighted by Gasteiger charge is -1.86. The summed E-state index contributed by atoms with van der Waals surface area (Å²) in [5, 5.41) is 2.76. The molecule has 0 aliphatic rings. The molecule has 0 aromatic rings. The van der Waals surface area contributed by atoms with Crippen molar-refractivity contribution in [2.24, 2.45) is 5.73 Å². The van der Waals surface area contributed by atoms with E-state index in [2.05, 4.69) is 5.32 Å². The van der Waals surface area contributed by atoms with E-state index in [0.717, 1.165) is 0 Å². The summed E-state index contributed by atoms with van der Waals surface area (Å²) >= 11 is 0. The summed E-state index contributed by atoms with van der Waals surface area (Å²) in [6.45, 7) is 4.24. The summed E-state index contributed by atoms with van der Waals surface area (Å²) in [6, 6.07) is 0. The van der Waals surface area contributed by atoms with E-state index < -0.39 is 0 Å². The van der Waals surface area contributed by atoms with Gasteiger partial charge in [0.2, 0.25) is 0 Å². The highest BCUT2D eigenvalue weighted by Crippen LogP contribution is 1.51. The third-order valence-corrected chi connectivity index (χ3v) is 0.322. The van der Waals surface area contributed by atoms with Crippen molar-refractivity contribution in [1.82, 2.24) is 5.32 Å². The van der Waals surface area contributed by atoms with Gasteiger partial charge < -0.3 is 11.1 Å². The summed E-state index contributed by atoms with van der Waals surface area (Å²) in [4.78, 5) is 0. The molecular weight excluding hydrogens is 64.0 g/mol. The largest absolute Gasteiger partial charge is 0.318 e. The highest BCUT2D eigenvalue weighted by molar-refractivity contribution is 4.45. The Morgan fingerprint density at radius 1 is 2.00 bits per heavy atom. The second-order valence-corrected chi connectivity index (χ2v) is 0.697. The smallest absolute Gasteiger partial charge is 0.0431 e. The molecule has 2 heteroatoms. The molecule has 0 fully saturated rings. The molecule has 0 saturated heterocycles. The first kappa shape index (κ1) is 4.92. The first-order valence-corrected chi connectivity index (χ1v) is 1.63. The van der Waals surface area contributed by atoms with E-state index in [4.69, 9.17) is 5.73 Å². The van der Waals surface area contributed by atoms with Crippen molar-refractivity contribution in [2.45, 2.75) is 6.92 Å². The molecule has 0 atom stereocenters. The van der Waals surface area contributed by atoms with Gasteiger partial charge in [-0.2, -0.15) is 0 Å². The SMILES string of the molecule is C[CH]NCN.